The van der Waals surface area contributed by atoms with E-state index in [0.29, 0.717) is 72.1 Å². The fourth-order valence-corrected chi connectivity index (χ4v) is 12.5. The van der Waals surface area contributed by atoms with Crippen LogP contribution in [0.5, 0.6) is 11.8 Å². The topological polar surface area (TPSA) is 163 Å². The Morgan fingerprint density at radius 1 is 0.887 bits per heavy atom. The summed E-state index contributed by atoms with van der Waals surface area (Å²) in [5.74, 6) is 2.12. The number of aromatic nitrogens is 5. The van der Waals surface area contributed by atoms with Crippen molar-refractivity contribution in [3.63, 3.8) is 0 Å². The minimum atomic E-state index is -0.727. The number of benzene rings is 3. The van der Waals surface area contributed by atoms with E-state index in [1.165, 1.54) is 35.3 Å². The molecule has 6 aromatic rings. The number of hydrogen-bond donors (Lipinski definition) is 3. The number of nitrogens with zero attached hydrogens (tertiary/aromatic N) is 8. The Balaban J connectivity index is 0.694. The van der Waals surface area contributed by atoms with Crippen molar-refractivity contribution in [3.8, 4) is 35.4 Å². The number of imide groups is 1. The van der Waals surface area contributed by atoms with Gasteiger partial charge in [0.2, 0.25) is 11.8 Å². The van der Waals surface area contributed by atoms with Gasteiger partial charge in [-0.25, -0.2) is 13.6 Å². The number of terminal acetylenes is 1. The van der Waals surface area contributed by atoms with Gasteiger partial charge >= 0.3 is 11.7 Å². The number of aromatic hydroxyl groups is 1. The molecule has 1 saturated carbocycles. The Morgan fingerprint density at radius 3 is 2.35 bits per heavy atom. The van der Waals surface area contributed by atoms with Gasteiger partial charge < -0.3 is 29.9 Å². The van der Waals surface area contributed by atoms with Crippen LogP contribution in [0.4, 0.5) is 20.3 Å². The van der Waals surface area contributed by atoms with Gasteiger partial charge in [0.05, 0.1) is 28.6 Å². The first kappa shape index (κ1) is 45.5. The van der Waals surface area contributed by atoms with Crippen molar-refractivity contribution in [1.82, 2.24) is 39.6 Å². The highest BCUT2D eigenvalue weighted by atomic mass is 19.1. The van der Waals surface area contributed by atoms with Crippen LogP contribution in [0.2, 0.25) is 0 Å². The lowest BCUT2D eigenvalue weighted by Gasteiger charge is -2.38. The van der Waals surface area contributed by atoms with E-state index in [0.717, 1.165) is 95.3 Å². The van der Waals surface area contributed by atoms with Gasteiger partial charge in [-0.2, -0.15) is 9.97 Å². The number of anilines is 2. The van der Waals surface area contributed by atoms with E-state index < -0.39 is 23.6 Å². The summed E-state index contributed by atoms with van der Waals surface area (Å²) in [6.45, 7) is 6.74. The van der Waals surface area contributed by atoms with Gasteiger partial charge in [-0.3, -0.25) is 29.0 Å². The lowest BCUT2D eigenvalue weighted by molar-refractivity contribution is -0.135. The molecule has 368 valence electrons. The number of fused-ring (bicyclic) bond motifs is 5. The summed E-state index contributed by atoms with van der Waals surface area (Å²) >= 11 is 0. The number of likely N-dealkylation sites (tertiary alicyclic amines) is 1. The third-order valence-corrected chi connectivity index (χ3v) is 16.6. The molecule has 8 heterocycles. The number of carbonyl (C=O) groups is 2. The number of ether oxygens (including phenoxy) is 1. The number of piperazine rings is 1. The second-order valence-corrected chi connectivity index (χ2v) is 21.2. The molecule has 15 nitrogen and oxygen atoms in total. The number of pyridine rings is 1. The zero-order valence-electron chi connectivity index (χ0n) is 39.9. The first-order valence-electron chi connectivity index (χ1n) is 25.3. The average Bonchev–Trinajstić information content (AvgIpc) is 3.99. The normalized spacial score (nSPS) is 22.9. The molecule has 71 heavy (non-hydrogen) atoms. The van der Waals surface area contributed by atoms with Gasteiger partial charge in [0.25, 0.3) is 0 Å². The fourth-order valence-electron chi connectivity index (χ4n) is 12.5. The molecule has 6 aliphatic rings. The zero-order chi connectivity index (χ0) is 48.7. The molecule has 5 aliphatic heterocycles. The molecule has 3 N–H and O–H groups in total. The molecule has 17 heteroatoms. The second-order valence-electron chi connectivity index (χ2n) is 21.2. The van der Waals surface area contributed by atoms with Crippen LogP contribution in [0.3, 0.4) is 0 Å². The van der Waals surface area contributed by atoms with Crippen molar-refractivity contribution >= 4 is 56.0 Å². The van der Waals surface area contributed by atoms with E-state index in [-0.39, 0.29) is 62.9 Å². The van der Waals surface area contributed by atoms with E-state index >= 15 is 8.78 Å². The van der Waals surface area contributed by atoms with Crippen molar-refractivity contribution in [2.75, 3.05) is 62.2 Å². The van der Waals surface area contributed by atoms with Crippen molar-refractivity contribution in [2.24, 2.45) is 24.3 Å². The standard InChI is InChI=1S/C54H58F2N10O5/c1-3-38-41(55)8-4-33-23-37(67)25-39(46(33)38)48-47(56)49-40(26-57-48)50(65-27-34-5-6-35(28-65)58-34)61-52(60-49)71-30-54(16-17-54)29-63-18-12-31(13-19-63)22-32-14-20-64(21-15-32)36-7-9-42-44(24-36)62(2)53(70)66(42)43-10-11-45(68)59-51(43)69/h1,4,7-9,23-26,31-32,34-35,43,58,67H,5-6,10-22,27-30H2,2H3,(H,59,68,69). The van der Waals surface area contributed by atoms with Crippen molar-refractivity contribution in [1.29, 1.82) is 0 Å². The monoisotopic (exact) mass is 964 g/mol. The van der Waals surface area contributed by atoms with E-state index in [1.807, 2.05) is 6.07 Å². The number of rotatable bonds is 11. The molecule has 0 spiro atoms. The number of aryl methyl sites for hydroxylation is 1. The largest absolute Gasteiger partial charge is 0.508 e. The Bertz CT molecular complexity index is 3230. The summed E-state index contributed by atoms with van der Waals surface area (Å²) in [4.78, 5) is 59.2. The highest BCUT2D eigenvalue weighted by molar-refractivity contribution is 6.03. The summed E-state index contributed by atoms with van der Waals surface area (Å²) in [5, 5.41) is 18.0. The lowest BCUT2D eigenvalue weighted by Crippen LogP contribution is -2.51. The molecule has 5 saturated heterocycles. The average molecular weight is 965 g/mol. The van der Waals surface area contributed by atoms with E-state index in [1.54, 1.807) is 17.8 Å². The van der Waals surface area contributed by atoms with Crippen LogP contribution in [-0.4, -0.2) is 110 Å². The van der Waals surface area contributed by atoms with Crippen molar-refractivity contribution < 1.29 is 28.2 Å². The lowest BCUT2D eigenvalue weighted by atomic mass is 9.82. The molecule has 6 fully saturated rings. The maximum atomic E-state index is 17.1. The van der Waals surface area contributed by atoms with Crippen molar-refractivity contribution in [2.45, 2.75) is 88.8 Å². The minimum absolute atomic E-state index is 0.0344. The molecular formula is C54H58F2N10O5. The van der Waals surface area contributed by atoms with Crippen LogP contribution in [0, 0.1) is 41.2 Å². The zero-order valence-corrected chi connectivity index (χ0v) is 39.9. The predicted octanol–water partition coefficient (Wildman–Crippen LogP) is 6.56. The molecule has 3 aromatic carbocycles. The number of piperidine rings is 3. The maximum Gasteiger partial charge on any atom is 0.329 e. The van der Waals surface area contributed by atoms with Crippen LogP contribution in [0.25, 0.3) is 44.0 Å². The van der Waals surface area contributed by atoms with Crippen molar-refractivity contribution in [3.05, 3.63) is 76.3 Å². The summed E-state index contributed by atoms with van der Waals surface area (Å²) < 4.78 is 41.8. The third kappa shape index (κ3) is 8.42. The molecule has 12 rings (SSSR count). The third-order valence-electron chi connectivity index (χ3n) is 16.6. The van der Waals surface area contributed by atoms with E-state index in [4.69, 9.17) is 21.1 Å². The van der Waals surface area contributed by atoms with Crippen LogP contribution in [0.1, 0.15) is 82.2 Å². The summed E-state index contributed by atoms with van der Waals surface area (Å²) in [6, 6.07) is 11.6. The summed E-state index contributed by atoms with van der Waals surface area (Å²) in [7, 11) is 1.74. The Hall–Kier alpha value is -6.64. The number of hydrogen-bond acceptors (Lipinski definition) is 12. The number of nitrogens with one attached hydrogen (secondary N) is 2. The molecule has 2 amide bonds. The number of amides is 2. The Kier molecular flexibility index (Phi) is 11.5. The van der Waals surface area contributed by atoms with Gasteiger partial charge in [0.1, 0.15) is 34.6 Å². The van der Waals surface area contributed by atoms with E-state index in [9.17, 15) is 19.5 Å². The first-order chi connectivity index (χ1) is 34.4. The second kappa shape index (κ2) is 17.9. The number of halogens is 2. The van der Waals surface area contributed by atoms with Crippen LogP contribution < -0.4 is 30.9 Å². The number of phenols is 1. The van der Waals surface area contributed by atoms with E-state index in [2.05, 4.69) is 48.4 Å². The SMILES string of the molecule is C#Cc1c(F)ccc2cc(O)cc(-c3ncc4c(N5CC6CCC(C5)N6)nc(OCC5(CN6CCC(CC7CCN(c8ccc9c(c8)n(C)c(=O)n9C8CCC(=O)NC8=O)CC7)CC6)CC5)nc4c3F)c12. The Labute approximate surface area is 409 Å². The van der Waals surface area contributed by atoms with Crippen LogP contribution in [0.15, 0.2) is 53.5 Å². The number of carbonyl (C=O) groups excluding carboxylic acids is 2. The number of imidazole rings is 1. The highest BCUT2D eigenvalue weighted by Gasteiger charge is 2.46. The highest BCUT2D eigenvalue weighted by Crippen LogP contribution is 2.48. The quantitative estimate of drug-likeness (QED) is 0.0949. The van der Waals surface area contributed by atoms with Gasteiger partial charge in [-0.05, 0) is 131 Å². The molecule has 2 bridgehead atoms. The molecule has 3 atom stereocenters. The smallest absolute Gasteiger partial charge is 0.329 e. The Morgan fingerprint density at radius 2 is 1.63 bits per heavy atom. The van der Waals surface area contributed by atoms with Gasteiger partial charge in [0, 0.05) is 86.5 Å². The molecule has 3 aromatic heterocycles. The molecule has 0 radical (unpaired) electrons. The minimum Gasteiger partial charge on any atom is -0.508 e. The number of phenolic OH excluding ortho intramolecular Hbond substituents is 1. The van der Waals surface area contributed by atoms with Gasteiger partial charge in [0.15, 0.2) is 5.82 Å². The summed E-state index contributed by atoms with van der Waals surface area (Å²) in [6.07, 6.45) is 17.8. The maximum absolute atomic E-state index is 17.1. The first-order valence-corrected chi connectivity index (χ1v) is 25.3. The predicted molar refractivity (Wildman–Crippen MR) is 266 cm³/mol. The fraction of sp³-hybridized carbons (Fsp3) is 0.481. The molecule has 1 aliphatic carbocycles. The van der Waals surface area contributed by atoms with Gasteiger partial charge in [-0.15, -0.1) is 6.42 Å². The summed E-state index contributed by atoms with van der Waals surface area (Å²) in [5.41, 5.74) is 2.35. The molecule has 3 unspecified atom stereocenters. The van der Waals surface area contributed by atoms with Crippen LogP contribution in [-0.2, 0) is 16.6 Å². The van der Waals surface area contributed by atoms with Crippen LogP contribution >= 0.6 is 0 Å². The van der Waals surface area contributed by atoms with Gasteiger partial charge in [-0.1, -0.05) is 12.0 Å². The molecular weight excluding hydrogens is 907 g/mol.